The van der Waals surface area contributed by atoms with Crippen molar-refractivity contribution in [2.75, 3.05) is 13.1 Å². The second-order valence-electron chi connectivity index (χ2n) is 8.72. The highest BCUT2D eigenvalue weighted by Crippen LogP contribution is 2.25. The Balaban J connectivity index is 1.20. The highest BCUT2D eigenvalue weighted by atomic mass is 127. The number of likely N-dealkylation sites (tertiary alicyclic amines) is 1. The number of hydrogen-bond acceptors (Lipinski definition) is 8. The quantitative estimate of drug-likeness (QED) is 0.291. The van der Waals surface area contributed by atoms with Gasteiger partial charge >= 0.3 is 6.09 Å². The summed E-state index contributed by atoms with van der Waals surface area (Å²) in [5.74, 6) is 1.60. The lowest BCUT2D eigenvalue weighted by Crippen LogP contribution is -2.51. The molecule has 1 saturated heterocycles. The number of amides is 1. The molecule has 12 heteroatoms. The largest absolute Gasteiger partial charge is 0.419 e. The number of hydrogen-bond donors (Lipinski definition) is 0. The minimum absolute atomic E-state index is 0.287. The predicted molar refractivity (Wildman–Crippen MR) is 135 cm³/mol. The zero-order valence-corrected chi connectivity index (χ0v) is 20.9. The third-order valence-electron chi connectivity index (χ3n) is 6.11. The van der Waals surface area contributed by atoms with Gasteiger partial charge in [0.1, 0.15) is 0 Å². The molecule has 0 radical (unpaired) electrons. The Morgan fingerprint density at radius 2 is 2.00 bits per heavy atom. The van der Waals surface area contributed by atoms with Crippen molar-refractivity contribution < 1.29 is 7.86 Å². The summed E-state index contributed by atoms with van der Waals surface area (Å²) in [5, 5.41) is 18.4. The Morgan fingerprint density at radius 3 is 2.86 bits per heavy atom. The van der Waals surface area contributed by atoms with Crippen molar-refractivity contribution in [3.63, 3.8) is 0 Å². The second kappa shape index (κ2) is 8.83. The number of pyridine rings is 1. The van der Waals surface area contributed by atoms with Gasteiger partial charge in [0, 0.05) is 60.9 Å². The summed E-state index contributed by atoms with van der Waals surface area (Å²) >= 11 is 1.62. The van der Waals surface area contributed by atoms with Crippen molar-refractivity contribution in [3.05, 3.63) is 66.1 Å². The van der Waals surface area contributed by atoms with E-state index in [1.807, 2.05) is 42.3 Å². The van der Waals surface area contributed by atoms with Gasteiger partial charge in [-0.2, -0.15) is 14.7 Å². The van der Waals surface area contributed by atoms with Crippen LogP contribution >= 0.6 is 23.0 Å². The Morgan fingerprint density at radius 1 is 1.11 bits per heavy atom. The van der Waals surface area contributed by atoms with E-state index >= 15 is 0 Å². The first-order valence-electron chi connectivity index (χ1n) is 11.1. The van der Waals surface area contributed by atoms with Crippen LogP contribution < -0.4 is 0 Å². The van der Waals surface area contributed by atoms with Crippen LogP contribution in [0.3, 0.4) is 0 Å². The van der Waals surface area contributed by atoms with Crippen molar-refractivity contribution >= 4 is 45.8 Å². The molecular weight excluding hydrogens is 561 g/mol. The zero-order chi connectivity index (χ0) is 23.9. The van der Waals surface area contributed by atoms with Crippen LogP contribution in [0.25, 0.3) is 27.8 Å². The van der Waals surface area contributed by atoms with E-state index in [4.69, 9.17) is 3.07 Å². The van der Waals surface area contributed by atoms with Gasteiger partial charge in [0.2, 0.25) is 0 Å². The van der Waals surface area contributed by atoms with Crippen LogP contribution in [-0.4, -0.2) is 63.6 Å². The first kappa shape index (κ1) is 21.8. The van der Waals surface area contributed by atoms with E-state index in [1.165, 1.54) is 0 Å². The van der Waals surface area contributed by atoms with E-state index in [9.17, 15) is 4.79 Å². The molecule has 176 valence electrons. The van der Waals surface area contributed by atoms with E-state index < -0.39 is 0 Å². The lowest BCUT2D eigenvalue weighted by atomic mass is 10.0. The normalized spacial score (nSPS) is 13.9. The van der Waals surface area contributed by atoms with Crippen molar-refractivity contribution in [2.24, 2.45) is 5.92 Å². The number of rotatable bonds is 5. The van der Waals surface area contributed by atoms with Crippen LogP contribution in [0.2, 0.25) is 0 Å². The maximum atomic E-state index is 11.5. The molecule has 0 unspecified atom stereocenters. The van der Waals surface area contributed by atoms with E-state index in [1.54, 1.807) is 38.6 Å². The highest BCUT2D eigenvalue weighted by Gasteiger charge is 2.31. The van der Waals surface area contributed by atoms with Crippen molar-refractivity contribution in [2.45, 2.75) is 19.9 Å². The number of aromatic nitrogens is 8. The SMILES string of the molecule is Cc1cnc2nnc(Cc3ccc4ncc(-c5cnn(CC6CN(C(=O)OI)C6)c5)cc4c3)n2n1. The van der Waals surface area contributed by atoms with Gasteiger partial charge in [0.25, 0.3) is 5.78 Å². The Labute approximate surface area is 213 Å². The molecule has 0 bridgehead atoms. The maximum absolute atomic E-state index is 11.5. The summed E-state index contributed by atoms with van der Waals surface area (Å²) in [5.41, 5.74) is 4.82. The molecule has 5 aromatic rings. The smallest absolute Gasteiger partial charge is 0.378 e. The highest BCUT2D eigenvalue weighted by molar-refractivity contribution is 14.1. The average molecular weight is 581 g/mol. The number of halogens is 1. The molecule has 0 N–H and O–H groups in total. The van der Waals surface area contributed by atoms with Crippen LogP contribution in [0.1, 0.15) is 17.1 Å². The monoisotopic (exact) mass is 581 g/mol. The van der Waals surface area contributed by atoms with Crippen LogP contribution in [-0.2, 0) is 16.0 Å². The third-order valence-corrected chi connectivity index (χ3v) is 6.49. The number of nitrogens with zero attached hydrogens (tertiary/aromatic N) is 9. The fourth-order valence-electron chi connectivity index (χ4n) is 4.32. The molecule has 1 aliphatic heterocycles. The molecule has 35 heavy (non-hydrogen) atoms. The number of carbonyl (C=O) groups excluding carboxylic acids is 1. The number of fused-ring (bicyclic) bond motifs is 2. The maximum Gasteiger partial charge on any atom is 0.419 e. The van der Waals surface area contributed by atoms with Crippen LogP contribution in [0.15, 0.2) is 49.1 Å². The fourth-order valence-corrected chi connectivity index (χ4v) is 4.60. The van der Waals surface area contributed by atoms with Crippen molar-refractivity contribution in [1.82, 2.24) is 44.5 Å². The standard InChI is InChI=1S/C23H20IN9O2/c1-14-7-26-22-29-28-21(33(22)30-14)5-15-2-3-20-17(4-15)6-18(8-25-20)19-9-27-32(13-19)12-16-10-31(11-16)23(34)35-24/h2-4,6-9,13,16H,5,10-12H2,1H3. The Kier molecular flexibility index (Phi) is 5.51. The number of aryl methyl sites for hydroxylation is 1. The molecule has 0 spiro atoms. The Bertz CT molecular complexity index is 1560. The summed E-state index contributed by atoms with van der Waals surface area (Å²) in [6.07, 6.45) is 7.73. The summed E-state index contributed by atoms with van der Waals surface area (Å²) < 4.78 is 8.34. The molecule has 1 amide bonds. The molecule has 4 aromatic heterocycles. The van der Waals surface area contributed by atoms with E-state index in [0.29, 0.717) is 31.2 Å². The second-order valence-corrected chi connectivity index (χ2v) is 9.16. The van der Waals surface area contributed by atoms with Gasteiger partial charge in [-0.05, 0) is 30.7 Å². The van der Waals surface area contributed by atoms with Gasteiger partial charge in [0.05, 0.1) is 23.6 Å². The summed E-state index contributed by atoms with van der Waals surface area (Å²) in [4.78, 5) is 22.1. The predicted octanol–water partition coefficient (Wildman–Crippen LogP) is 3.25. The lowest BCUT2D eigenvalue weighted by Gasteiger charge is -2.37. The minimum atomic E-state index is -0.287. The van der Waals surface area contributed by atoms with Gasteiger partial charge in [-0.3, -0.25) is 9.67 Å². The zero-order valence-electron chi connectivity index (χ0n) is 18.7. The Hall–Kier alpha value is -3.68. The molecule has 1 aromatic carbocycles. The number of carbonyl (C=O) groups is 1. The molecule has 0 aliphatic carbocycles. The molecule has 6 rings (SSSR count). The molecule has 0 saturated carbocycles. The molecule has 0 atom stereocenters. The van der Waals surface area contributed by atoms with Gasteiger partial charge in [-0.15, -0.1) is 10.2 Å². The van der Waals surface area contributed by atoms with Gasteiger partial charge in [-0.1, -0.05) is 6.07 Å². The molecule has 1 aliphatic rings. The summed E-state index contributed by atoms with van der Waals surface area (Å²) in [7, 11) is 0. The summed E-state index contributed by atoms with van der Waals surface area (Å²) in [6.45, 7) is 4.02. The van der Waals surface area contributed by atoms with Crippen molar-refractivity contribution in [1.29, 1.82) is 0 Å². The van der Waals surface area contributed by atoms with Gasteiger partial charge in [0.15, 0.2) is 28.8 Å². The van der Waals surface area contributed by atoms with Crippen LogP contribution in [0, 0.1) is 12.8 Å². The molecule has 1 fully saturated rings. The van der Waals surface area contributed by atoms with E-state index in [2.05, 4.69) is 42.5 Å². The third kappa shape index (κ3) is 4.29. The van der Waals surface area contributed by atoms with Crippen LogP contribution in [0.5, 0.6) is 0 Å². The van der Waals surface area contributed by atoms with Crippen LogP contribution in [0.4, 0.5) is 4.79 Å². The molecule has 11 nitrogen and oxygen atoms in total. The summed E-state index contributed by atoms with van der Waals surface area (Å²) in [6, 6.07) is 8.31. The van der Waals surface area contributed by atoms with Crippen molar-refractivity contribution in [3.8, 4) is 11.1 Å². The first-order chi connectivity index (χ1) is 17.1. The first-order valence-corrected chi connectivity index (χ1v) is 12.0. The van der Waals surface area contributed by atoms with Gasteiger partial charge < -0.3 is 7.97 Å². The molecule has 5 heterocycles. The average Bonchev–Trinajstić information content (AvgIpc) is 3.47. The molecular formula is C23H20IN9O2. The van der Waals surface area contributed by atoms with E-state index in [-0.39, 0.29) is 6.09 Å². The lowest BCUT2D eigenvalue weighted by molar-refractivity contribution is 0.0873. The minimum Gasteiger partial charge on any atom is -0.378 e. The van der Waals surface area contributed by atoms with Gasteiger partial charge in [-0.25, -0.2) is 9.78 Å². The fraction of sp³-hybridized carbons (Fsp3) is 0.261. The van der Waals surface area contributed by atoms with E-state index in [0.717, 1.165) is 45.7 Å². The topological polar surface area (TPSA) is 116 Å². The number of benzene rings is 1.